The molecule has 2 N–H and O–H groups in total. The smallest absolute Gasteiger partial charge is 0.227 e. The normalized spacial score (nSPS) is 20.0. The molecule has 1 aliphatic rings. The molecule has 1 aliphatic carbocycles. The number of rotatable bonds is 8. The first-order valence-electron chi connectivity index (χ1n) is 9.81. The summed E-state index contributed by atoms with van der Waals surface area (Å²) in [6, 6.07) is 8.02. The van der Waals surface area contributed by atoms with E-state index in [9.17, 15) is 9.59 Å². The Bertz CT molecular complexity index is 575. The average Bonchev–Trinajstić information content (AvgIpc) is 2.65. The van der Waals surface area contributed by atoms with Gasteiger partial charge in [-0.05, 0) is 76.9 Å². The maximum absolute atomic E-state index is 12.5. The SMILES string of the molecule is CCc1ccc(NC(=O)C2CCC(C(=O)NCCCN(C)C)CC2)cc1. The van der Waals surface area contributed by atoms with Crippen molar-refractivity contribution in [1.82, 2.24) is 10.2 Å². The first-order chi connectivity index (χ1) is 12.5. The van der Waals surface area contributed by atoms with E-state index < -0.39 is 0 Å². The van der Waals surface area contributed by atoms with Gasteiger partial charge >= 0.3 is 0 Å². The van der Waals surface area contributed by atoms with Gasteiger partial charge in [0.1, 0.15) is 0 Å². The van der Waals surface area contributed by atoms with Gasteiger partial charge in [-0.2, -0.15) is 0 Å². The zero-order valence-corrected chi connectivity index (χ0v) is 16.4. The maximum Gasteiger partial charge on any atom is 0.227 e. The van der Waals surface area contributed by atoms with E-state index in [-0.39, 0.29) is 23.7 Å². The van der Waals surface area contributed by atoms with Crippen molar-refractivity contribution >= 4 is 17.5 Å². The van der Waals surface area contributed by atoms with Gasteiger partial charge in [-0.1, -0.05) is 19.1 Å². The van der Waals surface area contributed by atoms with Gasteiger partial charge in [0.05, 0.1) is 0 Å². The highest BCUT2D eigenvalue weighted by atomic mass is 16.2. The molecule has 144 valence electrons. The second-order valence-corrected chi connectivity index (χ2v) is 7.54. The van der Waals surface area contributed by atoms with Crippen LogP contribution in [0.25, 0.3) is 0 Å². The van der Waals surface area contributed by atoms with Gasteiger partial charge in [-0.15, -0.1) is 0 Å². The summed E-state index contributed by atoms with van der Waals surface area (Å²) in [6.45, 7) is 3.82. The Balaban J connectivity index is 1.71. The molecule has 0 unspecified atom stereocenters. The quantitative estimate of drug-likeness (QED) is 0.701. The molecular formula is C21H33N3O2. The van der Waals surface area contributed by atoms with Crippen LogP contribution in [0.1, 0.15) is 44.6 Å². The molecule has 0 heterocycles. The summed E-state index contributed by atoms with van der Waals surface area (Å²) in [7, 11) is 4.07. The Kier molecular flexibility index (Phi) is 8.10. The number of anilines is 1. The van der Waals surface area contributed by atoms with E-state index in [0.29, 0.717) is 0 Å². The third-order valence-corrected chi connectivity index (χ3v) is 5.18. The van der Waals surface area contributed by atoms with Crippen molar-refractivity contribution in [2.75, 3.05) is 32.5 Å². The molecule has 0 atom stereocenters. The number of carbonyl (C=O) groups excluding carboxylic acids is 2. The molecule has 0 saturated heterocycles. The summed E-state index contributed by atoms with van der Waals surface area (Å²) in [5, 5.41) is 6.05. The van der Waals surface area contributed by atoms with Gasteiger partial charge in [0.15, 0.2) is 0 Å². The molecule has 26 heavy (non-hydrogen) atoms. The fourth-order valence-electron chi connectivity index (χ4n) is 3.44. The van der Waals surface area contributed by atoms with Gasteiger partial charge < -0.3 is 15.5 Å². The van der Waals surface area contributed by atoms with Crippen LogP contribution in [0.15, 0.2) is 24.3 Å². The number of carbonyl (C=O) groups is 2. The molecule has 1 aromatic rings. The van der Waals surface area contributed by atoms with Gasteiger partial charge in [-0.3, -0.25) is 9.59 Å². The Morgan fingerprint density at radius 3 is 2.12 bits per heavy atom. The van der Waals surface area contributed by atoms with Crippen molar-refractivity contribution in [3.05, 3.63) is 29.8 Å². The molecule has 2 amide bonds. The summed E-state index contributed by atoms with van der Waals surface area (Å²) in [6.07, 6.45) is 5.13. The Morgan fingerprint density at radius 1 is 1.00 bits per heavy atom. The van der Waals surface area contributed by atoms with E-state index in [0.717, 1.165) is 57.3 Å². The Labute approximate surface area is 157 Å². The van der Waals surface area contributed by atoms with Crippen LogP contribution < -0.4 is 10.6 Å². The minimum Gasteiger partial charge on any atom is -0.356 e. The van der Waals surface area contributed by atoms with Crippen LogP contribution in [0.4, 0.5) is 5.69 Å². The molecule has 0 spiro atoms. The van der Waals surface area contributed by atoms with Crippen molar-refractivity contribution in [3.8, 4) is 0 Å². The standard InChI is InChI=1S/C21H33N3O2/c1-4-16-6-12-19(13-7-16)23-21(26)18-10-8-17(9-11-18)20(25)22-14-5-15-24(2)3/h6-7,12-13,17-18H,4-5,8-11,14-15H2,1-3H3,(H,22,25)(H,23,26). The molecular weight excluding hydrogens is 326 g/mol. The predicted octanol–water partition coefficient (Wildman–Crippen LogP) is 3.06. The number of hydrogen-bond acceptors (Lipinski definition) is 3. The highest BCUT2D eigenvalue weighted by molar-refractivity contribution is 5.92. The molecule has 1 fully saturated rings. The first-order valence-corrected chi connectivity index (χ1v) is 9.81. The lowest BCUT2D eigenvalue weighted by Gasteiger charge is -2.27. The Hall–Kier alpha value is -1.88. The molecule has 5 heteroatoms. The second kappa shape index (κ2) is 10.3. The largest absolute Gasteiger partial charge is 0.356 e. The van der Waals surface area contributed by atoms with Crippen LogP contribution in [0.2, 0.25) is 0 Å². The molecule has 1 saturated carbocycles. The number of nitrogens with one attached hydrogen (secondary N) is 2. The lowest BCUT2D eigenvalue weighted by molar-refractivity contribution is -0.128. The van der Waals surface area contributed by atoms with Crippen LogP contribution in [0, 0.1) is 11.8 Å². The molecule has 0 aromatic heterocycles. The van der Waals surface area contributed by atoms with Crippen LogP contribution in [-0.2, 0) is 16.0 Å². The lowest BCUT2D eigenvalue weighted by atomic mass is 9.81. The van der Waals surface area contributed by atoms with Crippen LogP contribution in [0.3, 0.4) is 0 Å². The molecule has 1 aromatic carbocycles. The number of amides is 2. The molecule has 2 rings (SSSR count). The van der Waals surface area contributed by atoms with Gasteiger partial charge in [0.2, 0.25) is 11.8 Å². The van der Waals surface area contributed by atoms with Crippen LogP contribution in [-0.4, -0.2) is 43.9 Å². The summed E-state index contributed by atoms with van der Waals surface area (Å²) >= 11 is 0. The zero-order chi connectivity index (χ0) is 18.9. The maximum atomic E-state index is 12.5. The monoisotopic (exact) mass is 359 g/mol. The Morgan fingerprint density at radius 2 is 1.58 bits per heavy atom. The summed E-state index contributed by atoms with van der Waals surface area (Å²) in [5.41, 5.74) is 2.12. The van der Waals surface area contributed by atoms with Crippen molar-refractivity contribution in [3.63, 3.8) is 0 Å². The van der Waals surface area contributed by atoms with E-state index in [1.54, 1.807) is 0 Å². The third-order valence-electron chi connectivity index (χ3n) is 5.18. The number of benzene rings is 1. The van der Waals surface area contributed by atoms with E-state index >= 15 is 0 Å². The van der Waals surface area contributed by atoms with Crippen molar-refractivity contribution in [2.45, 2.75) is 45.4 Å². The van der Waals surface area contributed by atoms with Crippen LogP contribution >= 0.6 is 0 Å². The van der Waals surface area contributed by atoms with Crippen molar-refractivity contribution in [1.29, 1.82) is 0 Å². The summed E-state index contributed by atoms with van der Waals surface area (Å²) in [5.74, 6) is 0.303. The number of nitrogens with zero attached hydrogens (tertiary/aromatic N) is 1. The van der Waals surface area contributed by atoms with Crippen molar-refractivity contribution < 1.29 is 9.59 Å². The van der Waals surface area contributed by atoms with Gasteiger partial charge in [0, 0.05) is 24.1 Å². The van der Waals surface area contributed by atoms with E-state index in [1.165, 1.54) is 5.56 Å². The fourth-order valence-corrected chi connectivity index (χ4v) is 3.44. The first kappa shape index (κ1) is 20.4. The van der Waals surface area contributed by atoms with Crippen molar-refractivity contribution in [2.24, 2.45) is 11.8 Å². The third kappa shape index (κ3) is 6.45. The second-order valence-electron chi connectivity index (χ2n) is 7.54. The predicted molar refractivity (Wildman–Crippen MR) is 106 cm³/mol. The topological polar surface area (TPSA) is 61.4 Å². The van der Waals surface area contributed by atoms with Gasteiger partial charge in [0.25, 0.3) is 0 Å². The molecule has 0 radical (unpaired) electrons. The summed E-state index contributed by atoms with van der Waals surface area (Å²) < 4.78 is 0. The van der Waals surface area contributed by atoms with Crippen LogP contribution in [0.5, 0.6) is 0 Å². The lowest BCUT2D eigenvalue weighted by Crippen LogP contribution is -2.36. The zero-order valence-electron chi connectivity index (χ0n) is 16.4. The minimum atomic E-state index is 0.0126. The number of aryl methyl sites for hydroxylation is 1. The summed E-state index contributed by atoms with van der Waals surface area (Å²) in [4.78, 5) is 26.8. The molecule has 0 bridgehead atoms. The van der Waals surface area contributed by atoms with E-state index in [1.807, 2.05) is 38.4 Å². The highest BCUT2D eigenvalue weighted by Crippen LogP contribution is 2.30. The van der Waals surface area contributed by atoms with E-state index in [2.05, 4.69) is 22.5 Å². The molecule has 0 aliphatic heterocycles. The molecule has 5 nitrogen and oxygen atoms in total. The highest BCUT2D eigenvalue weighted by Gasteiger charge is 2.29. The average molecular weight is 360 g/mol. The van der Waals surface area contributed by atoms with E-state index in [4.69, 9.17) is 0 Å². The minimum absolute atomic E-state index is 0.0126. The number of hydrogen-bond donors (Lipinski definition) is 2. The fraction of sp³-hybridized carbons (Fsp3) is 0.619. The van der Waals surface area contributed by atoms with Gasteiger partial charge in [-0.25, -0.2) is 0 Å².